The quantitative estimate of drug-likeness (QED) is 0.662. The molecule has 2 atom stereocenters. The van der Waals surface area contributed by atoms with Crippen LogP contribution < -0.4 is 11.1 Å². The average Bonchev–Trinajstić information content (AvgIpc) is 3.26. The molecule has 33 heavy (non-hydrogen) atoms. The van der Waals surface area contributed by atoms with Gasteiger partial charge < -0.3 is 16.0 Å². The second-order valence-electron chi connectivity index (χ2n) is 11.0. The van der Waals surface area contributed by atoms with Gasteiger partial charge in [-0.25, -0.2) is 4.39 Å². The van der Waals surface area contributed by atoms with Gasteiger partial charge in [0.15, 0.2) is 0 Å². The molecule has 0 spiro atoms. The smallest absolute Gasteiger partial charge is 0.242 e. The Balaban J connectivity index is 1.22. The topological polar surface area (TPSA) is 92.5 Å². The van der Waals surface area contributed by atoms with Gasteiger partial charge in [0.05, 0.1) is 11.3 Å². The summed E-state index contributed by atoms with van der Waals surface area (Å²) in [6.07, 6.45) is 8.61. The van der Waals surface area contributed by atoms with E-state index in [0.29, 0.717) is 37.1 Å². The van der Waals surface area contributed by atoms with E-state index in [1.54, 1.807) is 12.1 Å². The number of hydrogen-bond donors (Lipinski definition) is 2. The van der Waals surface area contributed by atoms with E-state index < -0.39 is 17.9 Å². The summed E-state index contributed by atoms with van der Waals surface area (Å²) in [5.74, 6) is 0.593. The van der Waals surface area contributed by atoms with Crippen LogP contribution in [0.3, 0.4) is 0 Å². The molecule has 2 unspecified atom stereocenters. The Morgan fingerprint density at radius 2 is 1.67 bits per heavy atom. The molecule has 4 bridgehead atoms. The molecule has 7 heteroatoms. The predicted octanol–water partition coefficient (Wildman–Crippen LogP) is 2.79. The van der Waals surface area contributed by atoms with Crippen molar-refractivity contribution in [1.29, 1.82) is 0 Å². The number of carbonyl (C=O) groups excluding carboxylic acids is 3. The molecule has 1 aliphatic heterocycles. The number of nitrogens with zero attached hydrogens (tertiary/aromatic N) is 1. The Bertz CT molecular complexity index is 896. The van der Waals surface area contributed by atoms with Crippen LogP contribution in [0.5, 0.6) is 0 Å². The van der Waals surface area contributed by atoms with Crippen molar-refractivity contribution in [2.75, 3.05) is 13.1 Å². The van der Waals surface area contributed by atoms with Crippen molar-refractivity contribution in [3.8, 4) is 0 Å². The number of benzene rings is 1. The number of likely N-dealkylation sites (tertiary alicyclic amines) is 1. The number of hydrogen-bond acceptors (Lipinski definition) is 3. The van der Waals surface area contributed by atoms with Gasteiger partial charge in [0.25, 0.3) is 0 Å². The molecule has 0 radical (unpaired) electrons. The van der Waals surface area contributed by atoms with Crippen LogP contribution in [0.4, 0.5) is 4.39 Å². The fourth-order valence-electron chi connectivity index (χ4n) is 7.48. The van der Waals surface area contributed by atoms with Crippen LogP contribution in [0.1, 0.15) is 56.9 Å². The molecule has 6 rings (SSSR count). The molecular formula is C26H34FN3O3. The molecule has 3 amide bonds. The van der Waals surface area contributed by atoms with Gasteiger partial charge in [-0.05, 0) is 93.2 Å². The molecular weight excluding hydrogens is 421 g/mol. The minimum Gasteiger partial charge on any atom is -0.369 e. The standard InChI is InChI=1S/C26H34FN3O3/c27-21-5-3-16(4-6-21)11-20(23(28)31)15-29-24(32)22-2-1-7-30(22)25(33)26-12-17-8-18(13-26)10-19(9-17)14-26/h3-6,17-20,22H,1-2,7-15H2,(H2,28,31)(H,29,32). The largest absolute Gasteiger partial charge is 0.369 e. The first-order valence-electron chi connectivity index (χ1n) is 12.5. The van der Waals surface area contributed by atoms with E-state index in [-0.39, 0.29) is 29.6 Å². The van der Waals surface area contributed by atoms with Gasteiger partial charge in [-0.3, -0.25) is 14.4 Å². The summed E-state index contributed by atoms with van der Waals surface area (Å²) >= 11 is 0. The van der Waals surface area contributed by atoms with E-state index in [2.05, 4.69) is 5.32 Å². The molecule has 1 heterocycles. The second kappa shape index (κ2) is 8.73. The number of amides is 3. The minimum absolute atomic E-state index is 0.113. The average molecular weight is 456 g/mol. The zero-order valence-electron chi connectivity index (χ0n) is 19.1. The van der Waals surface area contributed by atoms with Gasteiger partial charge >= 0.3 is 0 Å². The zero-order chi connectivity index (χ0) is 23.2. The molecule has 3 N–H and O–H groups in total. The van der Waals surface area contributed by atoms with Crippen molar-refractivity contribution in [1.82, 2.24) is 10.2 Å². The first-order chi connectivity index (χ1) is 15.8. The van der Waals surface area contributed by atoms with Crippen LogP contribution in [-0.4, -0.2) is 41.8 Å². The molecule has 4 aliphatic carbocycles. The third kappa shape index (κ3) is 4.38. The fraction of sp³-hybridized carbons (Fsp3) is 0.654. The van der Waals surface area contributed by atoms with Gasteiger partial charge in [0.1, 0.15) is 11.9 Å². The molecule has 1 saturated heterocycles. The lowest BCUT2D eigenvalue weighted by atomic mass is 9.49. The molecule has 5 aliphatic rings. The Morgan fingerprint density at radius 3 is 2.24 bits per heavy atom. The highest BCUT2D eigenvalue weighted by molar-refractivity contribution is 5.91. The van der Waals surface area contributed by atoms with Crippen LogP contribution in [0.25, 0.3) is 0 Å². The van der Waals surface area contributed by atoms with Crippen molar-refractivity contribution in [3.63, 3.8) is 0 Å². The van der Waals surface area contributed by atoms with Gasteiger partial charge in [-0.15, -0.1) is 0 Å². The maximum atomic E-state index is 13.8. The molecule has 0 aromatic heterocycles. The summed E-state index contributed by atoms with van der Waals surface area (Å²) in [6, 6.07) is 5.47. The molecule has 4 saturated carbocycles. The van der Waals surface area contributed by atoms with Crippen LogP contribution >= 0.6 is 0 Å². The third-order valence-electron chi connectivity index (χ3n) is 8.63. The van der Waals surface area contributed by atoms with Crippen LogP contribution in [0.2, 0.25) is 0 Å². The number of primary amides is 1. The lowest BCUT2D eigenvalue weighted by molar-refractivity contribution is -0.160. The summed E-state index contributed by atoms with van der Waals surface area (Å²) in [6.45, 7) is 0.745. The van der Waals surface area contributed by atoms with Gasteiger partial charge in [-0.2, -0.15) is 0 Å². The van der Waals surface area contributed by atoms with Gasteiger partial charge in [0, 0.05) is 13.1 Å². The van der Waals surface area contributed by atoms with Crippen LogP contribution in [0, 0.1) is 34.9 Å². The van der Waals surface area contributed by atoms with Crippen molar-refractivity contribution in [3.05, 3.63) is 35.6 Å². The first-order valence-corrected chi connectivity index (χ1v) is 12.5. The molecule has 5 fully saturated rings. The Labute approximate surface area is 194 Å². The van der Waals surface area contributed by atoms with E-state index in [0.717, 1.165) is 31.2 Å². The summed E-state index contributed by atoms with van der Waals surface area (Å²) < 4.78 is 13.2. The Hall–Kier alpha value is -2.44. The SMILES string of the molecule is NC(=O)C(CNC(=O)C1CCCN1C(=O)C12CC3CC(CC(C3)C1)C2)Cc1ccc(F)cc1. The number of nitrogens with two attached hydrogens (primary N) is 1. The predicted molar refractivity (Wildman–Crippen MR) is 121 cm³/mol. The van der Waals surface area contributed by atoms with Crippen molar-refractivity contribution in [2.24, 2.45) is 34.8 Å². The number of carbonyl (C=O) groups is 3. The summed E-state index contributed by atoms with van der Waals surface area (Å²) in [7, 11) is 0. The van der Waals surface area contributed by atoms with Crippen molar-refractivity contribution < 1.29 is 18.8 Å². The van der Waals surface area contributed by atoms with Gasteiger partial charge in [0.2, 0.25) is 17.7 Å². The van der Waals surface area contributed by atoms with Crippen LogP contribution in [-0.2, 0) is 20.8 Å². The van der Waals surface area contributed by atoms with Crippen molar-refractivity contribution in [2.45, 2.75) is 63.8 Å². The number of halogens is 1. The van der Waals surface area contributed by atoms with Gasteiger partial charge in [-0.1, -0.05) is 12.1 Å². The van der Waals surface area contributed by atoms with Crippen molar-refractivity contribution >= 4 is 17.7 Å². The summed E-state index contributed by atoms with van der Waals surface area (Å²) in [5, 5.41) is 2.89. The van der Waals surface area contributed by atoms with E-state index in [1.807, 2.05) is 4.90 Å². The molecule has 178 valence electrons. The highest BCUT2D eigenvalue weighted by Crippen LogP contribution is 2.60. The maximum Gasteiger partial charge on any atom is 0.242 e. The third-order valence-corrected chi connectivity index (χ3v) is 8.63. The van der Waals surface area contributed by atoms with E-state index in [4.69, 9.17) is 5.73 Å². The molecule has 1 aromatic rings. The highest BCUT2D eigenvalue weighted by atomic mass is 19.1. The highest BCUT2D eigenvalue weighted by Gasteiger charge is 2.56. The Morgan fingerprint density at radius 1 is 1.06 bits per heavy atom. The maximum absolute atomic E-state index is 13.8. The first kappa shape index (κ1) is 22.4. The van der Waals surface area contributed by atoms with E-state index >= 15 is 0 Å². The normalized spacial score (nSPS) is 33.2. The monoisotopic (exact) mass is 455 g/mol. The second-order valence-corrected chi connectivity index (χ2v) is 11.0. The van der Waals surface area contributed by atoms with E-state index in [9.17, 15) is 18.8 Å². The molecule has 1 aromatic carbocycles. The zero-order valence-corrected chi connectivity index (χ0v) is 19.1. The lowest BCUT2D eigenvalue weighted by Gasteiger charge is -2.56. The van der Waals surface area contributed by atoms with E-state index in [1.165, 1.54) is 31.4 Å². The summed E-state index contributed by atoms with van der Waals surface area (Å²) in [5.41, 5.74) is 6.10. The fourth-order valence-corrected chi connectivity index (χ4v) is 7.48. The van der Waals surface area contributed by atoms with Crippen LogP contribution in [0.15, 0.2) is 24.3 Å². The molecule has 6 nitrogen and oxygen atoms in total. The number of nitrogens with one attached hydrogen (secondary N) is 1. The lowest BCUT2D eigenvalue weighted by Crippen LogP contribution is -2.57. The minimum atomic E-state index is -0.590. The Kier molecular flexibility index (Phi) is 5.91. The summed E-state index contributed by atoms with van der Waals surface area (Å²) in [4.78, 5) is 40.7. The number of rotatable bonds is 7.